The first-order valence-corrected chi connectivity index (χ1v) is 7.13. The van der Waals surface area contributed by atoms with Crippen molar-refractivity contribution < 1.29 is 4.74 Å². The number of para-hydroxylation sites is 1. The number of hydrogen-bond acceptors (Lipinski definition) is 3. The van der Waals surface area contributed by atoms with Gasteiger partial charge in [-0.25, -0.2) is 0 Å². The molecule has 1 saturated carbocycles. The van der Waals surface area contributed by atoms with Crippen molar-refractivity contribution in [3.05, 3.63) is 23.8 Å². The molecule has 0 aliphatic heterocycles. The highest BCUT2D eigenvalue weighted by atomic mass is 16.5. The molecule has 1 aromatic carbocycles. The van der Waals surface area contributed by atoms with Crippen molar-refractivity contribution in [3.63, 3.8) is 0 Å². The average molecular weight is 258 g/mol. The summed E-state index contributed by atoms with van der Waals surface area (Å²) in [7, 11) is 1.65. The minimum Gasteiger partial charge on any atom is -0.495 e. The number of rotatable bonds is 4. The lowest BCUT2D eigenvalue weighted by atomic mass is 9.82. The Balaban J connectivity index is 2.24. The molecular weight excluding hydrogens is 236 g/mol. The van der Waals surface area contributed by atoms with Crippen LogP contribution in [0.3, 0.4) is 0 Å². The zero-order chi connectivity index (χ0) is 13.7. The predicted octanol–water partition coefficient (Wildman–Crippen LogP) is 3.95. The van der Waals surface area contributed by atoms with Crippen molar-refractivity contribution in [1.29, 1.82) is 5.26 Å². The molecule has 2 rings (SSSR count). The maximum atomic E-state index is 9.25. The van der Waals surface area contributed by atoms with E-state index in [9.17, 15) is 5.26 Å². The zero-order valence-electron chi connectivity index (χ0n) is 11.8. The monoisotopic (exact) mass is 258 g/mol. The summed E-state index contributed by atoms with van der Waals surface area (Å²) in [5, 5.41) is 12.8. The number of ether oxygens (including phenoxy) is 1. The summed E-state index contributed by atoms with van der Waals surface area (Å²) in [6.07, 6.45) is 6.25. The van der Waals surface area contributed by atoms with Gasteiger partial charge in [-0.2, -0.15) is 5.26 Å². The van der Waals surface area contributed by atoms with E-state index in [0.717, 1.165) is 11.4 Å². The molecule has 0 saturated heterocycles. The summed E-state index contributed by atoms with van der Waals surface area (Å²) in [6, 6.07) is 8.32. The van der Waals surface area contributed by atoms with Gasteiger partial charge in [-0.05, 0) is 30.9 Å². The van der Waals surface area contributed by atoms with Crippen molar-refractivity contribution >= 4 is 5.69 Å². The molecule has 0 heterocycles. The van der Waals surface area contributed by atoms with Crippen molar-refractivity contribution in [2.45, 2.75) is 45.1 Å². The van der Waals surface area contributed by atoms with Gasteiger partial charge in [0.2, 0.25) is 0 Å². The van der Waals surface area contributed by atoms with Gasteiger partial charge in [0.05, 0.1) is 18.4 Å². The predicted molar refractivity (Wildman–Crippen MR) is 77.4 cm³/mol. The van der Waals surface area contributed by atoms with E-state index in [1.807, 2.05) is 18.2 Å². The molecule has 1 aromatic rings. The fourth-order valence-corrected chi connectivity index (χ4v) is 3.02. The van der Waals surface area contributed by atoms with Crippen molar-refractivity contribution in [1.82, 2.24) is 0 Å². The van der Waals surface area contributed by atoms with Crippen LogP contribution < -0.4 is 10.1 Å². The van der Waals surface area contributed by atoms with Gasteiger partial charge in [-0.1, -0.05) is 32.3 Å². The summed E-state index contributed by atoms with van der Waals surface area (Å²) >= 11 is 0. The van der Waals surface area contributed by atoms with Gasteiger partial charge in [0, 0.05) is 6.04 Å². The molecule has 0 radical (unpaired) electrons. The Morgan fingerprint density at radius 3 is 2.84 bits per heavy atom. The summed E-state index contributed by atoms with van der Waals surface area (Å²) < 4.78 is 5.38. The molecule has 1 aliphatic rings. The first-order valence-electron chi connectivity index (χ1n) is 7.13. The van der Waals surface area contributed by atoms with Crippen LogP contribution in [0.2, 0.25) is 0 Å². The summed E-state index contributed by atoms with van der Waals surface area (Å²) in [5.74, 6) is 1.46. The SMILES string of the molecule is CCC1CCCCC1Nc1c(C#N)cccc1OC. The van der Waals surface area contributed by atoms with E-state index >= 15 is 0 Å². The zero-order valence-corrected chi connectivity index (χ0v) is 11.8. The maximum Gasteiger partial charge on any atom is 0.143 e. The molecule has 0 aromatic heterocycles. The van der Waals surface area contributed by atoms with E-state index in [-0.39, 0.29) is 0 Å². The van der Waals surface area contributed by atoms with Crippen LogP contribution in [0.4, 0.5) is 5.69 Å². The fraction of sp³-hybridized carbons (Fsp3) is 0.562. The molecule has 0 spiro atoms. The third kappa shape index (κ3) is 3.01. The summed E-state index contributed by atoms with van der Waals surface area (Å²) in [6.45, 7) is 2.25. The number of hydrogen-bond donors (Lipinski definition) is 1. The van der Waals surface area contributed by atoms with Crippen molar-refractivity contribution in [2.75, 3.05) is 12.4 Å². The number of anilines is 1. The van der Waals surface area contributed by atoms with E-state index in [1.165, 1.54) is 32.1 Å². The molecule has 0 amide bonds. The summed E-state index contributed by atoms with van der Waals surface area (Å²) in [4.78, 5) is 0. The van der Waals surface area contributed by atoms with Crippen LogP contribution in [0.1, 0.15) is 44.6 Å². The van der Waals surface area contributed by atoms with Gasteiger partial charge in [-0.15, -0.1) is 0 Å². The topological polar surface area (TPSA) is 45.0 Å². The Labute approximate surface area is 115 Å². The molecule has 2 atom stereocenters. The first-order chi connectivity index (χ1) is 9.30. The van der Waals surface area contributed by atoms with E-state index in [2.05, 4.69) is 18.3 Å². The second-order valence-corrected chi connectivity index (χ2v) is 5.20. The minimum absolute atomic E-state index is 0.460. The average Bonchev–Trinajstić information content (AvgIpc) is 2.48. The number of methoxy groups -OCH3 is 1. The Morgan fingerprint density at radius 1 is 1.37 bits per heavy atom. The second kappa shape index (κ2) is 6.47. The van der Waals surface area contributed by atoms with Crippen LogP contribution in [-0.4, -0.2) is 13.2 Å². The Kier molecular flexibility index (Phi) is 4.68. The lowest BCUT2D eigenvalue weighted by Crippen LogP contribution is -2.32. The molecule has 1 aliphatic carbocycles. The third-order valence-electron chi connectivity index (χ3n) is 4.13. The highest BCUT2D eigenvalue weighted by Gasteiger charge is 2.25. The van der Waals surface area contributed by atoms with Crippen LogP contribution in [0.25, 0.3) is 0 Å². The van der Waals surface area contributed by atoms with Crippen LogP contribution in [0, 0.1) is 17.2 Å². The van der Waals surface area contributed by atoms with Crippen LogP contribution >= 0.6 is 0 Å². The number of nitrogens with zero attached hydrogens (tertiary/aromatic N) is 1. The lowest BCUT2D eigenvalue weighted by molar-refractivity contribution is 0.316. The first kappa shape index (κ1) is 13.7. The quantitative estimate of drug-likeness (QED) is 0.889. The molecule has 3 nitrogen and oxygen atoms in total. The number of nitriles is 1. The molecule has 3 heteroatoms. The Hall–Kier alpha value is -1.69. The molecule has 2 unspecified atom stereocenters. The molecule has 1 fully saturated rings. The van der Waals surface area contributed by atoms with Crippen LogP contribution in [-0.2, 0) is 0 Å². The molecular formula is C16H22N2O. The van der Waals surface area contributed by atoms with Gasteiger partial charge >= 0.3 is 0 Å². The smallest absolute Gasteiger partial charge is 0.143 e. The minimum atomic E-state index is 0.460. The van der Waals surface area contributed by atoms with E-state index in [0.29, 0.717) is 17.5 Å². The Morgan fingerprint density at radius 2 is 2.16 bits per heavy atom. The lowest BCUT2D eigenvalue weighted by Gasteiger charge is -2.33. The third-order valence-corrected chi connectivity index (χ3v) is 4.13. The van der Waals surface area contributed by atoms with E-state index in [4.69, 9.17) is 4.74 Å². The van der Waals surface area contributed by atoms with Gasteiger partial charge < -0.3 is 10.1 Å². The summed E-state index contributed by atoms with van der Waals surface area (Å²) in [5.41, 5.74) is 1.53. The number of benzene rings is 1. The van der Waals surface area contributed by atoms with Gasteiger partial charge in [-0.3, -0.25) is 0 Å². The van der Waals surface area contributed by atoms with Gasteiger partial charge in [0.25, 0.3) is 0 Å². The largest absolute Gasteiger partial charge is 0.495 e. The second-order valence-electron chi connectivity index (χ2n) is 5.20. The van der Waals surface area contributed by atoms with E-state index < -0.39 is 0 Å². The standard InChI is InChI=1S/C16H22N2O/c1-3-12-7-4-5-9-14(12)18-16-13(11-17)8-6-10-15(16)19-2/h6,8,10,12,14,18H,3-5,7,9H2,1-2H3. The molecule has 0 bridgehead atoms. The van der Waals surface area contributed by atoms with Gasteiger partial charge in [0.15, 0.2) is 0 Å². The highest BCUT2D eigenvalue weighted by molar-refractivity contribution is 5.66. The molecule has 1 N–H and O–H groups in total. The van der Waals surface area contributed by atoms with E-state index in [1.54, 1.807) is 7.11 Å². The van der Waals surface area contributed by atoms with Crippen molar-refractivity contribution in [3.8, 4) is 11.8 Å². The Bertz CT molecular complexity index is 464. The van der Waals surface area contributed by atoms with Crippen molar-refractivity contribution in [2.24, 2.45) is 5.92 Å². The maximum absolute atomic E-state index is 9.25. The highest BCUT2D eigenvalue weighted by Crippen LogP contribution is 2.34. The van der Waals surface area contributed by atoms with Crippen LogP contribution in [0.15, 0.2) is 18.2 Å². The number of nitrogens with one attached hydrogen (secondary N) is 1. The van der Waals surface area contributed by atoms with Crippen LogP contribution in [0.5, 0.6) is 5.75 Å². The molecule has 19 heavy (non-hydrogen) atoms. The normalized spacial score (nSPS) is 22.6. The fourth-order valence-electron chi connectivity index (χ4n) is 3.02. The molecule has 102 valence electrons. The van der Waals surface area contributed by atoms with Gasteiger partial charge in [0.1, 0.15) is 11.8 Å².